The third kappa shape index (κ3) is 6.86. The molecule has 4 heteroatoms. The summed E-state index contributed by atoms with van der Waals surface area (Å²) in [5.74, 6) is 0.402. The number of rotatable bonds is 9. The predicted molar refractivity (Wildman–Crippen MR) is 87.1 cm³/mol. The molecule has 0 aliphatic heterocycles. The molecule has 1 aromatic carbocycles. The highest BCUT2D eigenvalue weighted by Gasteiger charge is 2.04. The van der Waals surface area contributed by atoms with E-state index in [1.165, 1.54) is 0 Å². The molecule has 114 valence electrons. The minimum atomic E-state index is 0.161. The van der Waals surface area contributed by atoms with Crippen LogP contribution in [-0.4, -0.2) is 48.2 Å². The first-order valence-corrected chi connectivity index (χ1v) is 7.33. The molecule has 0 unspecified atom stereocenters. The van der Waals surface area contributed by atoms with E-state index < -0.39 is 0 Å². The second-order valence-corrected chi connectivity index (χ2v) is 4.74. The molecule has 0 aliphatic carbocycles. The number of aliphatic imine (C=N–C) groups is 1. The fourth-order valence-corrected chi connectivity index (χ4v) is 1.92. The fraction of sp³-hybridized carbons (Fsp3) is 0.412. The van der Waals surface area contributed by atoms with E-state index in [9.17, 15) is 9.90 Å². The van der Waals surface area contributed by atoms with Crippen molar-refractivity contribution in [3.8, 4) is 5.75 Å². The van der Waals surface area contributed by atoms with Crippen LogP contribution in [0.2, 0.25) is 0 Å². The summed E-state index contributed by atoms with van der Waals surface area (Å²) < 4.78 is 0. The van der Waals surface area contributed by atoms with E-state index in [2.05, 4.69) is 16.8 Å². The fourth-order valence-electron chi connectivity index (χ4n) is 1.92. The number of hydrogen-bond acceptors (Lipinski definition) is 4. The standard InChI is InChI=1S/C17H24N2O2/c1-3-7-16(20)10-12-19(4-2)13-11-18-14-15-8-5-6-9-17(15)21/h3,5-9,14,21H,4,10-13H2,1-2H3/b7-3+,18-14?. The van der Waals surface area contributed by atoms with Crippen LogP contribution in [0, 0.1) is 0 Å². The average molecular weight is 288 g/mol. The topological polar surface area (TPSA) is 52.9 Å². The van der Waals surface area contributed by atoms with E-state index in [4.69, 9.17) is 0 Å². The monoisotopic (exact) mass is 288 g/mol. The van der Waals surface area contributed by atoms with Crippen LogP contribution >= 0.6 is 0 Å². The highest BCUT2D eigenvalue weighted by Crippen LogP contribution is 2.12. The van der Waals surface area contributed by atoms with Crippen molar-refractivity contribution in [3.05, 3.63) is 42.0 Å². The Labute approximate surface area is 126 Å². The summed E-state index contributed by atoms with van der Waals surface area (Å²) in [6.45, 7) is 7.04. The molecule has 0 saturated heterocycles. The number of hydrogen-bond donors (Lipinski definition) is 1. The van der Waals surface area contributed by atoms with Gasteiger partial charge in [0.15, 0.2) is 5.78 Å². The quantitative estimate of drug-likeness (QED) is 0.561. The first-order valence-electron chi connectivity index (χ1n) is 7.33. The number of nitrogens with zero attached hydrogens (tertiary/aromatic N) is 2. The zero-order valence-electron chi connectivity index (χ0n) is 12.8. The number of benzene rings is 1. The highest BCUT2D eigenvalue weighted by molar-refractivity contribution is 5.89. The van der Waals surface area contributed by atoms with E-state index >= 15 is 0 Å². The number of para-hydroxylation sites is 1. The van der Waals surface area contributed by atoms with Crippen LogP contribution in [0.4, 0.5) is 0 Å². The minimum Gasteiger partial charge on any atom is -0.507 e. The van der Waals surface area contributed by atoms with Crippen molar-refractivity contribution in [1.82, 2.24) is 4.90 Å². The van der Waals surface area contributed by atoms with E-state index in [-0.39, 0.29) is 11.5 Å². The molecule has 0 atom stereocenters. The Morgan fingerprint density at radius 2 is 2.10 bits per heavy atom. The van der Waals surface area contributed by atoms with Crippen molar-refractivity contribution in [2.45, 2.75) is 20.3 Å². The van der Waals surface area contributed by atoms with Crippen molar-refractivity contribution < 1.29 is 9.90 Å². The molecule has 0 heterocycles. The van der Waals surface area contributed by atoms with Gasteiger partial charge in [-0.2, -0.15) is 0 Å². The van der Waals surface area contributed by atoms with Crippen LogP contribution in [0.1, 0.15) is 25.8 Å². The van der Waals surface area contributed by atoms with E-state index in [1.807, 2.05) is 19.1 Å². The Morgan fingerprint density at radius 3 is 2.76 bits per heavy atom. The number of ketones is 1. The maximum absolute atomic E-state index is 11.4. The molecule has 0 fully saturated rings. The van der Waals surface area contributed by atoms with Crippen LogP contribution < -0.4 is 0 Å². The lowest BCUT2D eigenvalue weighted by atomic mass is 10.2. The molecular weight excluding hydrogens is 264 g/mol. The molecule has 0 amide bonds. The van der Waals surface area contributed by atoms with Gasteiger partial charge in [0.25, 0.3) is 0 Å². The summed E-state index contributed by atoms with van der Waals surface area (Å²) in [4.78, 5) is 18.0. The minimum absolute atomic E-state index is 0.161. The molecule has 0 aromatic heterocycles. The van der Waals surface area contributed by atoms with Crippen LogP contribution in [-0.2, 0) is 4.79 Å². The summed E-state index contributed by atoms with van der Waals surface area (Å²) in [6.07, 6.45) is 5.62. The Morgan fingerprint density at radius 1 is 1.33 bits per heavy atom. The van der Waals surface area contributed by atoms with Crippen molar-refractivity contribution in [1.29, 1.82) is 0 Å². The maximum atomic E-state index is 11.4. The van der Waals surface area contributed by atoms with Gasteiger partial charge in [-0.1, -0.05) is 25.1 Å². The van der Waals surface area contributed by atoms with Gasteiger partial charge < -0.3 is 10.0 Å². The van der Waals surface area contributed by atoms with Gasteiger partial charge in [-0.3, -0.25) is 9.79 Å². The number of carbonyl (C=O) groups excluding carboxylic acids is 1. The molecule has 1 N–H and O–H groups in total. The summed E-state index contributed by atoms with van der Waals surface area (Å²) >= 11 is 0. The van der Waals surface area contributed by atoms with Crippen molar-refractivity contribution in [2.24, 2.45) is 4.99 Å². The zero-order chi connectivity index (χ0) is 15.5. The molecule has 0 radical (unpaired) electrons. The lowest BCUT2D eigenvalue weighted by Gasteiger charge is -2.18. The number of carbonyl (C=O) groups is 1. The molecule has 0 spiro atoms. The Balaban J connectivity index is 2.35. The van der Waals surface area contributed by atoms with Crippen LogP contribution in [0.15, 0.2) is 41.4 Å². The predicted octanol–water partition coefficient (Wildman–Crippen LogP) is 2.67. The largest absolute Gasteiger partial charge is 0.507 e. The van der Waals surface area contributed by atoms with Crippen LogP contribution in [0.25, 0.3) is 0 Å². The van der Waals surface area contributed by atoms with Gasteiger partial charge in [0.2, 0.25) is 0 Å². The lowest BCUT2D eigenvalue weighted by Crippen LogP contribution is -2.28. The first-order chi connectivity index (χ1) is 10.2. The third-order valence-corrected chi connectivity index (χ3v) is 3.19. The average Bonchev–Trinajstić information content (AvgIpc) is 2.48. The molecular formula is C17H24N2O2. The molecule has 1 aromatic rings. The molecule has 21 heavy (non-hydrogen) atoms. The smallest absolute Gasteiger partial charge is 0.156 e. The number of likely N-dealkylation sites (N-methyl/N-ethyl adjacent to an activating group) is 1. The summed E-state index contributed by atoms with van der Waals surface area (Å²) in [5, 5.41) is 9.62. The second kappa shape index (κ2) is 9.88. The molecule has 1 rings (SSSR count). The van der Waals surface area contributed by atoms with Crippen molar-refractivity contribution >= 4 is 12.0 Å². The van der Waals surface area contributed by atoms with Gasteiger partial charge in [-0.15, -0.1) is 0 Å². The Hall–Kier alpha value is -1.94. The Bertz CT molecular complexity index is 495. The summed E-state index contributed by atoms with van der Waals surface area (Å²) in [6, 6.07) is 7.12. The zero-order valence-corrected chi connectivity index (χ0v) is 12.8. The number of aromatic hydroxyl groups is 1. The normalized spacial score (nSPS) is 11.8. The molecule has 0 aliphatic rings. The van der Waals surface area contributed by atoms with Gasteiger partial charge in [-0.25, -0.2) is 0 Å². The maximum Gasteiger partial charge on any atom is 0.156 e. The lowest BCUT2D eigenvalue weighted by molar-refractivity contribution is -0.114. The van der Waals surface area contributed by atoms with Crippen LogP contribution in [0.3, 0.4) is 0 Å². The number of allylic oxidation sites excluding steroid dienone is 2. The van der Waals surface area contributed by atoms with Gasteiger partial charge in [0, 0.05) is 31.3 Å². The summed E-state index contributed by atoms with van der Waals surface area (Å²) in [7, 11) is 0. The number of phenolic OH excluding ortho intramolecular Hbond substituents is 1. The van der Waals surface area contributed by atoms with Gasteiger partial charge in [0.05, 0.1) is 6.54 Å². The van der Waals surface area contributed by atoms with E-state index in [0.29, 0.717) is 13.0 Å². The van der Waals surface area contributed by atoms with Crippen molar-refractivity contribution in [2.75, 3.05) is 26.2 Å². The molecule has 4 nitrogen and oxygen atoms in total. The van der Waals surface area contributed by atoms with Crippen LogP contribution in [0.5, 0.6) is 5.75 Å². The van der Waals surface area contributed by atoms with Gasteiger partial charge in [-0.05, 0) is 31.7 Å². The van der Waals surface area contributed by atoms with Gasteiger partial charge >= 0.3 is 0 Å². The van der Waals surface area contributed by atoms with Gasteiger partial charge in [0.1, 0.15) is 5.75 Å². The first kappa shape index (κ1) is 17.1. The SMILES string of the molecule is C/C=C/C(=O)CCN(CC)CCN=Cc1ccccc1O. The summed E-state index contributed by atoms with van der Waals surface area (Å²) in [5.41, 5.74) is 0.726. The third-order valence-electron chi connectivity index (χ3n) is 3.19. The second-order valence-electron chi connectivity index (χ2n) is 4.74. The highest BCUT2D eigenvalue weighted by atomic mass is 16.3. The van der Waals surface area contributed by atoms with E-state index in [0.717, 1.165) is 25.2 Å². The molecule has 0 bridgehead atoms. The molecule has 0 saturated carbocycles. The van der Waals surface area contributed by atoms with E-state index in [1.54, 1.807) is 30.5 Å². The Kier molecular flexibility index (Phi) is 8.05. The number of phenols is 1. The van der Waals surface area contributed by atoms with Crippen molar-refractivity contribution in [3.63, 3.8) is 0 Å².